The number of halogens is 1. The summed E-state index contributed by atoms with van der Waals surface area (Å²) in [5.74, 6) is -0.869. The molecule has 0 saturated carbocycles. The number of carbonyl (C=O) groups is 2. The third-order valence-electron chi connectivity index (χ3n) is 4.92. The van der Waals surface area contributed by atoms with Crippen LogP contribution in [0, 0.1) is 10.1 Å². The number of hydrogen-bond donors (Lipinski definition) is 1. The van der Waals surface area contributed by atoms with Crippen molar-refractivity contribution in [2.75, 3.05) is 59.7 Å². The number of likely N-dealkylation sites (N-methyl/N-ethyl adjacent to an activating group) is 2. The maximum Gasteiger partial charge on any atom is 0.293 e. The Morgan fingerprint density at radius 1 is 1.03 bits per heavy atom. The number of anilines is 1. The monoisotopic (exact) mass is 435 g/mol. The van der Waals surface area contributed by atoms with Gasteiger partial charge in [0.15, 0.2) is 0 Å². The molecule has 0 bridgehead atoms. The summed E-state index contributed by atoms with van der Waals surface area (Å²) in [4.78, 5) is 42.3. The highest BCUT2D eigenvalue weighted by atomic mass is 35.5. The molecule has 0 saturated heterocycles. The van der Waals surface area contributed by atoms with Crippen molar-refractivity contribution in [2.45, 2.75) is 0 Å². The van der Waals surface area contributed by atoms with E-state index in [0.717, 1.165) is 0 Å². The van der Waals surface area contributed by atoms with Crippen LogP contribution in [0.15, 0.2) is 24.3 Å². The van der Waals surface area contributed by atoms with Gasteiger partial charge in [-0.1, -0.05) is 12.1 Å². The Morgan fingerprint density at radius 2 is 1.67 bits per heavy atom. The van der Waals surface area contributed by atoms with Gasteiger partial charge in [-0.05, 0) is 34.3 Å². The molecule has 0 atom stereocenters. The average molecular weight is 436 g/mol. The minimum atomic E-state index is -0.497. The van der Waals surface area contributed by atoms with E-state index in [0.29, 0.717) is 41.7 Å². The first-order valence-corrected chi connectivity index (χ1v) is 9.36. The van der Waals surface area contributed by atoms with Gasteiger partial charge in [0, 0.05) is 48.6 Å². The summed E-state index contributed by atoms with van der Waals surface area (Å²) in [5, 5.41) is 15.9. The summed E-state index contributed by atoms with van der Waals surface area (Å²) in [7, 11) is 7.52. The van der Waals surface area contributed by atoms with Crippen molar-refractivity contribution >= 4 is 46.4 Å². The lowest BCUT2D eigenvalue weighted by Crippen LogP contribution is -2.43. The second-order valence-corrected chi connectivity index (χ2v) is 7.60. The molecule has 162 valence electrons. The van der Waals surface area contributed by atoms with Crippen molar-refractivity contribution in [3.63, 3.8) is 0 Å². The molecular weight excluding hydrogens is 410 g/mol. The highest BCUT2D eigenvalue weighted by Gasteiger charge is 2.35. The summed E-state index contributed by atoms with van der Waals surface area (Å²) in [6.07, 6.45) is 0. The van der Waals surface area contributed by atoms with Gasteiger partial charge in [-0.15, -0.1) is 12.4 Å². The Morgan fingerprint density at radius 3 is 2.27 bits per heavy atom. The van der Waals surface area contributed by atoms with Crippen LogP contribution in [0.4, 0.5) is 11.4 Å². The lowest BCUT2D eigenvalue weighted by Gasteiger charge is -2.28. The van der Waals surface area contributed by atoms with Crippen LogP contribution >= 0.6 is 12.4 Å². The van der Waals surface area contributed by atoms with E-state index in [1.165, 1.54) is 11.0 Å². The molecule has 1 N–H and O–H groups in total. The van der Waals surface area contributed by atoms with Gasteiger partial charge in [0.25, 0.3) is 17.5 Å². The molecule has 2 aromatic rings. The second kappa shape index (κ2) is 9.38. The van der Waals surface area contributed by atoms with Crippen LogP contribution in [0.2, 0.25) is 0 Å². The molecule has 3 rings (SSSR count). The summed E-state index contributed by atoms with van der Waals surface area (Å²) in [6.45, 7) is 1.89. The Labute approximate surface area is 181 Å². The number of imide groups is 1. The number of nitro groups is 1. The zero-order chi connectivity index (χ0) is 21.3. The maximum atomic E-state index is 13.1. The third-order valence-corrected chi connectivity index (χ3v) is 4.92. The lowest BCUT2D eigenvalue weighted by atomic mass is 9.92. The van der Waals surface area contributed by atoms with E-state index in [-0.39, 0.29) is 36.1 Å². The van der Waals surface area contributed by atoms with Gasteiger partial charge in [-0.25, -0.2) is 0 Å². The number of hydrogen-bond acceptors (Lipinski definition) is 7. The van der Waals surface area contributed by atoms with E-state index in [9.17, 15) is 19.7 Å². The van der Waals surface area contributed by atoms with E-state index in [1.54, 1.807) is 18.2 Å². The van der Waals surface area contributed by atoms with Crippen molar-refractivity contribution < 1.29 is 14.5 Å². The molecule has 0 fully saturated rings. The van der Waals surface area contributed by atoms with Gasteiger partial charge in [0.1, 0.15) is 5.69 Å². The van der Waals surface area contributed by atoms with Crippen LogP contribution in [0.1, 0.15) is 20.7 Å². The lowest BCUT2D eigenvalue weighted by molar-refractivity contribution is -0.383. The first-order valence-electron chi connectivity index (χ1n) is 9.36. The van der Waals surface area contributed by atoms with Crippen molar-refractivity contribution in [2.24, 2.45) is 0 Å². The molecule has 0 radical (unpaired) electrons. The summed E-state index contributed by atoms with van der Waals surface area (Å²) in [5.41, 5.74) is 0.749. The van der Waals surface area contributed by atoms with Gasteiger partial charge in [-0.3, -0.25) is 24.6 Å². The minimum Gasteiger partial charge on any atom is -0.378 e. The molecule has 1 aliphatic heterocycles. The number of benzene rings is 2. The number of nitrogens with zero attached hydrogens (tertiary/aromatic N) is 4. The molecule has 0 aromatic heterocycles. The predicted octanol–water partition coefficient (Wildman–Crippen LogP) is 2.30. The van der Waals surface area contributed by atoms with Gasteiger partial charge in [0.05, 0.1) is 10.5 Å². The number of carbonyl (C=O) groups excluding carboxylic acids is 2. The largest absolute Gasteiger partial charge is 0.378 e. The normalized spacial score (nSPS) is 13.2. The van der Waals surface area contributed by atoms with Crippen molar-refractivity contribution in [1.29, 1.82) is 0 Å². The molecule has 0 aliphatic carbocycles. The number of amides is 2. The van der Waals surface area contributed by atoms with Crippen LogP contribution in [0.25, 0.3) is 10.8 Å². The molecule has 0 spiro atoms. The molecule has 1 heterocycles. The quantitative estimate of drug-likeness (QED) is 0.386. The Balaban J connectivity index is 0.00000320. The van der Waals surface area contributed by atoms with Gasteiger partial charge in [-0.2, -0.15) is 0 Å². The first-order chi connectivity index (χ1) is 13.7. The van der Waals surface area contributed by atoms with Crippen LogP contribution in [-0.4, -0.2) is 85.8 Å². The van der Waals surface area contributed by atoms with Crippen molar-refractivity contribution in [1.82, 2.24) is 14.7 Å². The predicted molar refractivity (Wildman–Crippen MR) is 119 cm³/mol. The van der Waals surface area contributed by atoms with Crippen LogP contribution in [0.5, 0.6) is 0 Å². The number of nitrogens with one attached hydrogen (secondary N) is 1. The van der Waals surface area contributed by atoms with E-state index in [1.807, 2.05) is 38.0 Å². The van der Waals surface area contributed by atoms with Crippen molar-refractivity contribution in [3.8, 4) is 0 Å². The maximum absolute atomic E-state index is 13.1. The highest BCUT2D eigenvalue weighted by Crippen LogP contribution is 2.40. The summed E-state index contributed by atoms with van der Waals surface area (Å²) >= 11 is 0. The van der Waals surface area contributed by atoms with Crippen LogP contribution < -0.4 is 5.32 Å². The van der Waals surface area contributed by atoms with Crippen LogP contribution in [0.3, 0.4) is 0 Å². The molecule has 2 aromatic carbocycles. The number of nitro benzene ring substituents is 1. The summed E-state index contributed by atoms with van der Waals surface area (Å²) < 4.78 is 0. The Kier molecular flexibility index (Phi) is 7.35. The summed E-state index contributed by atoms with van der Waals surface area (Å²) in [6, 6.07) is 6.36. The first kappa shape index (κ1) is 23.5. The van der Waals surface area contributed by atoms with E-state index < -0.39 is 10.8 Å². The van der Waals surface area contributed by atoms with Gasteiger partial charge >= 0.3 is 0 Å². The Bertz CT molecular complexity index is 993. The third kappa shape index (κ3) is 4.38. The zero-order valence-corrected chi connectivity index (χ0v) is 18.3. The molecule has 10 heteroatoms. The zero-order valence-electron chi connectivity index (χ0n) is 17.5. The fourth-order valence-corrected chi connectivity index (χ4v) is 3.44. The van der Waals surface area contributed by atoms with Gasteiger partial charge in [0.2, 0.25) is 0 Å². The second-order valence-electron chi connectivity index (χ2n) is 7.60. The average Bonchev–Trinajstić information content (AvgIpc) is 2.65. The van der Waals surface area contributed by atoms with Gasteiger partial charge < -0.3 is 15.1 Å². The van der Waals surface area contributed by atoms with E-state index >= 15 is 0 Å². The topological polar surface area (TPSA) is 99.0 Å². The Hall–Kier alpha value is -2.75. The minimum absolute atomic E-state index is 0. The molecule has 9 nitrogen and oxygen atoms in total. The standard InChI is InChI=1S/C20H25N5O4.ClH/c1-22(2)9-8-21-18-13-6-5-7-14-17(13)15(12-16(18)25(28)29)20(27)24(19(14)26)11-10-23(3)4;/h5-7,12,21H,8-11H2,1-4H3;1H. The smallest absolute Gasteiger partial charge is 0.293 e. The van der Waals surface area contributed by atoms with E-state index in [2.05, 4.69) is 5.32 Å². The fourth-order valence-electron chi connectivity index (χ4n) is 3.44. The van der Waals surface area contributed by atoms with E-state index in [4.69, 9.17) is 0 Å². The molecular formula is C20H26ClN5O4. The highest BCUT2D eigenvalue weighted by molar-refractivity contribution is 6.27. The van der Waals surface area contributed by atoms with Crippen molar-refractivity contribution in [3.05, 3.63) is 45.5 Å². The molecule has 2 amide bonds. The molecule has 1 aliphatic rings. The fraction of sp³-hybridized carbons (Fsp3) is 0.400. The molecule has 0 unspecified atom stereocenters. The number of rotatable bonds is 8. The SMILES string of the molecule is CN(C)CCNc1c([N+](=O)[O-])cc2c3c(cccc13)C(=O)N(CCN(C)C)C2=O.Cl. The van der Waals surface area contributed by atoms with Crippen LogP contribution in [-0.2, 0) is 0 Å². The molecule has 30 heavy (non-hydrogen) atoms.